The number of thioether (sulfide) groups is 1. The number of nitrogens with zero attached hydrogens (tertiary/aromatic N) is 1. The van der Waals surface area contributed by atoms with Gasteiger partial charge in [-0.15, -0.1) is 0 Å². The van der Waals surface area contributed by atoms with Crippen LogP contribution in [0.2, 0.25) is 0 Å². The summed E-state index contributed by atoms with van der Waals surface area (Å²) in [5.41, 5.74) is 8.77. The van der Waals surface area contributed by atoms with Crippen LogP contribution >= 0.6 is 11.8 Å². The molecule has 3 N–H and O–H groups in total. The van der Waals surface area contributed by atoms with Gasteiger partial charge >= 0.3 is 0 Å². The molecule has 17 heavy (non-hydrogen) atoms. The highest BCUT2D eigenvalue weighted by atomic mass is 32.2. The van der Waals surface area contributed by atoms with Gasteiger partial charge in [-0.1, -0.05) is 38.1 Å². The van der Waals surface area contributed by atoms with E-state index in [1.807, 2.05) is 36.9 Å². The molecule has 0 aromatic heterocycles. The van der Waals surface area contributed by atoms with Crippen molar-refractivity contribution in [1.82, 2.24) is 0 Å². The normalized spacial score (nSPS) is 12.8. The average molecular weight is 252 g/mol. The molecule has 0 aliphatic rings. The zero-order valence-electron chi connectivity index (χ0n) is 10.8. The second-order valence-corrected chi connectivity index (χ2v) is 6.83. The number of hydrogen-bond donors (Lipinski definition) is 2. The molecule has 0 unspecified atom stereocenters. The maximum atomic E-state index is 8.62. The fourth-order valence-corrected chi connectivity index (χ4v) is 2.28. The Hall–Kier alpha value is -1.16. The van der Waals surface area contributed by atoms with Crippen LogP contribution in [0.25, 0.3) is 0 Å². The summed E-state index contributed by atoms with van der Waals surface area (Å²) in [5, 5.41) is 11.6. The molecule has 94 valence electrons. The predicted molar refractivity (Wildman–Crippen MR) is 74.7 cm³/mol. The predicted octanol–water partition coefficient (Wildman–Crippen LogP) is 3.12. The number of aryl methyl sites for hydroxylation is 1. The Bertz CT molecular complexity index is 422. The van der Waals surface area contributed by atoms with Gasteiger partial charge in [0, 0.05) is 16.1 Å². The van der Waals surface area contributed by atoms with Crippen molar-refractivity contribution >= 4 is 17.6 Å². The molecule has 1 rings (SSSR count). The first-order valence-corrected chi connectivity index (χ1v) is 6.53. The maximum absolute atomic E-state index is 8.62. The van der Waals surface area contributed by atoms with E-state index >= 15 is 0 Å². The second kappa shape index (κ2) is 5.45. The highest BCUT2D eigenvalue weighted by Gasteiger charge is 2.12. The Kier molecular flexibility index (Phi) is 4.46. The smallest absolute Gasteiger partial charge is 0.170 e. The van der Waals surface area contributed by atoms with Crippen LogP contribution in [0.1, 0.15) is 37.5 Å². The van der Waals surface area contributed by atoms with Gasteiger partial charge in [-0.2, -0.15) is 11.8 Å². The van der Waals surface area contributed by atoms with Crippen molar-refractivity contribution in [2.45, 2.75) is 38.2 Å². The van der Waals surface area contributed by atoms with E-state index in [2.05, 4.69) is 25.9 Å². The van der Waals surface area contributed by atoms with Crippen molar-refractivity contribution < 1.29 is 5.21 Å². The summed E-state index contributed by atoms with van der Waals surface area (Å²) >= 11 is 1.91. The SMILES string of the molecule is Cc1cc(/C(N)=N/O)ccc1CSC(C)(C)C. The van der Waals surface area contributed by atoms with E-state index < -0.39 is 0 Å². The first-order valence-electron chi connectivity index (χ1n) is 5.55. The average Bonchev–Trinajstić information content (AvgIpc) is 2.25. The molecular weight excluding hydrogens is 232 g/mol. The number of hydrogen-bond acceptors (Lipinski definition) is 3. The van der Waals surface area contributed by atoms with E-state index in [4.69, 9.17) is 10.9 Å². The van der Waals surface area contributed by atoms with Crippen LogP contribution in [0, 0.1) is 6.92 Å². The first-order chi connectivity index (χ1) is 7.83. The van der Waals surface area contributed by atoms with Gasteiger partial charge in [0.25, 0.3) is 0 Å². The molecule has 0 heterocycles. The van der Waals surface area contributed by atoms with Crippen LogP contribution in [-0.4, -0.2) is 15.8 Å². The molecule has 1 aromatic carbocycles. The van der Waals surface area contributed by atoms with Crippen molar-refractivity contribution in [1.29, 1.82) is 0 Å². The van der Waals surface area contributed by atoms with Gasteiger partial charge in [-0.3, -0.25) is 0 Å². The zero-order valence-corrected chi connectivity index (χ0v) is 11.6. The molecule has 0 aliphatic carbocycles. The van der Waals surface area contributed by atoms with Gasteiger partial charge in [0.1, 0.15) is 0 Å². The first kappa shape index (κ1) is 13.9. The lowest BCUT2D eigenvalue weighted by atomic mass is 10.1. The molecule has 0 saturated heterocycles. The molecule has 0 saturated carbocycles. The molecule has 0 spiro atoms. The van der Waals surface area contributed by atoms with E-state index in [0.717, 1.165) is 11.3 Å². The van der Waals surface area contributed by atoms with Crippen LogP contribution < -0.4 is 5.73 Å². The van der Waals surface area contributed by atoms with Crippen LogP contribution in [0.15, 0.2) is 23.4 Å². The summed E-state index contributed by atoms with van der Waals surface area (Å²) < 4.78 is 0.261. The fourth-order valence-electron chi connectivity index (χ4n) is 1.37. The molecule has 4 heteroatoms. The van der Waals surface area contributed by atoms with Crippen LogP contribution in [-0.2, 0) is 5.75 Å². The lowest BCUT2D eigenvalue weighted by molar-refractivity contribution is 0.318. The quantitative estimate of drug-likeness (QED) is 0.376. The van der Waals surface area contributed by atoms with Crippen LogP contribution in [0.4, 0.5) is 0 Å². The summed E-state index contributed by atoms with van der Waals surface area (Å²) in [6, 6.07) is 5.88. The van der Waals surface area contributed by atoms with E-state index in [1.54, 1.807) is 0 Å². The largest absolute Gasteiger partial charge is 0.409 e. The van der Waals surface area contributed by atoms with Crippen molar-refractivity contribution in [2.75, 3.05) is 0 Å². The molecule has 0 atom stereocenters. The Balaban J connectivity index is 2.84. The lowest BCUT2D eigenvalue weighted by Gasteiger charge is -2.18. The summed E-state index contributed by atoms with van der Waals surface area (Å²) in [5.74, 6) is 1.13. The van der Waals surface area contributed by atoms with E-state index in [-0.39, 0.29) is 10.6 Å². The molecule has 0 radical (unpaired) electrons. The topological polar surface area (TPSA) is 58.6 Å². The number of rotatable bonds is 3. The lowest BCUT2D eigenvalue weighted by Crippen LogP contribution is -2.13. The monoisotopic (exact) mass is 252 g/mol. The van der Waals surface area contributed by atoms with Gasteiger partial charge in [-0.05, 0) is 24.1 Å². The fraction of sp³-hybridized carbons (Fsp3) is 0.462. The molecule has 0 bridgehead atoms. The van der Waals surface area contributed by atoms with Gasteiger partial charge in [0.2, 0.25) is 0 Å². The number of nitrogens with two attached hydrogens (primary N) is 1. The summed E-state index contributed by atoms with van der Waals surface area (Å²) in [6.07, 6.45) is 0. The third kappa shape index (κ3) is 4.30. The number of oxime groups is 1. The standard InChI is InChI=1S/C13H20N2OS/c1-9-7-10(12(14)15-16)5-6-11(9)8-17-13(2,3)4/h5-7,16H,8H2,1-4H3,(H2,14,15). The summed E-state index contributed by atoms with van der Waals surface area (Å²) in [7, 11) is 0. The minimum atomic E-state index is 0.156. The summed E-state index contributed by atoms with van der Waals surface area (Å²) in [6.45, 7) is 8.67. The third-order valence-electron chi connectivity index (χ3n) is 2.41. The Morgan fingerprint density at radius 1 is 1.41 bits per heavy atom. The second-order valence-electron chi connectivity index (χ2n) is 5.03. The van der Waals surface area contributed by atoms with E-state index in [1.165, 1.54) is 11.1 Å². The molecule has 0 fully saturated rings. The highest BCUT2D eigenvalue weighted by Crippen LogP contribution is 2.28. The van der Waals surface area contributed by atoms with Crippen molar-refractivity contribution in [3.05, 3.63) is 34.9 Å². The Morgan fingerprint density at radius 2 is 2.06 bits per heavy atom. The molecule has 0 amide bonds. The Labute approximate surface area is 107 Å². The molecule has 3 nitrogen and oxygen atoms in total. The highest BCUT2D eigenvalue weighted by molar-refractivity contribution is 7.99. The van der Waals surface area contributed by atoms with Gasteiger partial charge in [0.15, 0.2) is 5.84 Å². The minimum Gasteiger partial charge on any atom is -0.409 e. The number of benzene rings is 1. The molecule has 1 aromatic rings. The van der Waals surface area contributed by atoms with Gasteiger partial charge in [0.05, 0.1) is 0 Å². The van der Waals surface area contributed by atoms with Gasteiger partial charge < -0.3 is 10.9 Å². The zero-order chi connectivity index (χ0) is 13.1. The van der Waals surface area contributed by atoms with Crippen molar-refractivity contribution in [3.63, 3.8) is 0 Å². The van der Waals surface area contributed by atoms with Crippen LogP contribution in [0.3, 0.4) is 0 Å². The number of amidine groups is 1. The van der Waals surface area contributed by atoms with Gasteiger partial charge in [-0.25, -0.2) is 0 Å². The van der Waals surface area contributed by atoms with E-state index in [9.17, 15) is 0 Å². The van der Waals surface area contributed by atoms with Crippen LogP contribution in [0.5, 0.6) is 0 Å². The molecular formula is C13H20N2OS. The maximum Gasteiger partial charge on any atom is 0.170 e. The van der Waals surface area contributed by atoms with Crippen molar-refractivity contribution in [3.8, 4) is 0 Å². The summed E-state index contributed by atoms with van der Waals surface area (Å²) in [4.78, 5) is 0. The third-order valence-corrected chi connectivity index (χ3v) is 3.73. The molecule has 0 aliphatic heterocycles. The van der Waals surface area contributed by atoms with E-state index in [0.29, 0.717) is 0 Å². The minimum absolute atomic E-state index is 0.156. The Morgan fingerprint density at radius 3 is 2.53 bits per heavy atom. The van der Waals surface area contributed by atoms with Crippen molar-refractivity contribution in [2.24, 2.45) is 10.9 Å².